The Morgan fingerprint density at radius 2 is 0.538 bits per heavy atom. The molecule has 0 heterocycles. The van der Waals surface area contributed by atoms with Crippen molar-refractivity contribution in [1.29, 1.82) is 5.26 Å². The van der Waals surface area contributed by atoms with E-state index < -0.39 is 7.12 Å². The zero-order valence-electron chi connectivity index (χ0n) is 28.2. The van der Waals surface area contributed by atoms with Gasteiger partial charge in [-0.1, -0.05) is 107 Å². The van der Waals surface area contributed by atoms with Crippen LogP contribution in [-0.4, -0.2) is 68.4 Å². The Morgan fingerprint density at radius 3 is 0.615 bits per heavy atom. The number of hydrogen-bond donors (Lipinski definition) is 0. The lowest BCUT2D eigenvalue weighted by molar-refractivity contribution is -0.929. The maximum atomic E-state index is 8.98. The fourth-order valence-corrected chi connectivity index (χ4v) is 5.29. The molecule has 234 valence electrons. The van der Waals surface area contributed by atoms with Crippen LogP contribution < -0.4 is 10.0 Å². The Labute approximate surface area is 247 Å². The molecule has 0 rings (SSSR count). The number of nitriles is 1. The van der Waals surface area contributed by atoms with Crippen LogP contribution in [0.3, 0.4) is 0 Å². The molecule has 0 N–H and O–H groups in total. The summed E-state index contributed by atoms with van der Waals surface area (Å²) in [6.07, 6.45) is 22.1. The highest BCUT2D eigenvalue weighted by molar-refractivity contribution is 6.46. The molecule has 0 aliphatic heterocycles. The van der Waals surface area contributed by atoms with E-state index >= 15 is 0 Å². The minimum atomic E-state index is -2.31. The predicted molar refractivity (Wildman–Crippen MR) is 170 cm³/mol. The van der Waals surface area contributed by atoms with E-state index in [0.717, 1.165) is 5.97 Å². The number of rotatable bonds is 24. The van der Waals surface area contributed by atoms with Crippen LogP contribution in [0.15, 0.2) is 0 Å². The zero-order valence-corrected chi connectivity index (χ0v) is 28.2. The van der Waals surface area contributed by atoms with E-state index in [-0.39, 0.29) is 0 Å². The van der Waals surface area contributed by atoms with Gasteiger partial charge >= 0.3 is 0 Å². The van der Waals surface area contributed by atoms with E-state index in [1.807, 2.05) is 0 Å². The lowest BCUT2D eigenvalue weighted by Gasteiger charge is -2.39. The molecular weight excluding hydrogens is 481 g/mol. The second-order valence-electron chi connectivity index (χ2n) is 11.8. The molecule has 0 spiro atoms. The summed E-state index contributed by atoms with van der Waals surface area (Å²) in [7, 11) is -2.31. The van der Waals surface area contributed by atoms with Gasteiger partial charge in [0.05, 0.1) is 52.4 Å². The van der Waals surface area contributed by atoms with Crippen molar-refractivity contribution < 1.29 is 19.0 Å². The Hall–Kier alpha value is -0.605. The molecule has 0 bridgehead atoms. The summed E-state index contributed by atoms with van der Waals surface area (Å²) in [5, 5.41) is 25.2. The monoisotopic (exact) mass is 554 g/mol. The molecule has 0 aliphatic carbocycles. The van der Waals surface area contributed by atoms with Crippen molar-refractivity contribution in [2.24, 2.45) is 0 Å². The average Bonchev–Trinajstić information content (AvgIpc) is 2.96. The molecule has 0 atom stereocenters. The van der Waals surface area contributed by atoms with Crippen molar-refractivity contribution in [3.05, 3.63) is 0 Å². The van der Waals surface area contributed by atoms with Gasteiger partial charge in [0.1, 0.15) is 0 Å². The third-order valence-corrected chi connectivity index (χ3v) is 7.99. The lowest BCUT2D eigenvalue weighted by atomic mass is 9.97. The van der Waals surface area contributed by atoms with Gasteiger partial charge in [0, 0.05) is 7.12 Å². The van der Waals surface area contributed by atoms with Gasteiger partial charge in [0.15, 0.2) is 0 Å². The van der Waals surface area contributed by atoms with E-state index in [2.05, 4.69) is 55.4 Å². The summed E-state index contributed by atoms with van der Waals surface area (Å²) in [5.41, 5.74) is 0. The molecule has 0 fully saturated rings. The zero-order chi connectivity index (χ0) is 30.3. The summed E-state index contributed by atoms with van der Waals surface area (Å²) in [6.45, 7) is 30.0. The SMILES string of the molecule is CCCC[N+](CCCC)(CCCC)CCCC.CCCC[N+](CCCC)(CCCC)CCCC.N#CB([O-])[O-]. The topological polar surface area (TPSA) is 69.9 Å². The summed E-state index contributed by atoms with van der Waals surface area (Å²) in [5.74, 6) is 0.917. The first kappa shape index (κ1) is 42.9. The van der Waals surface area contributed by atoms with E-state index in [1.54, 1.807) is 0 Å². The van der Waals surface area contributed by atoms with Gasteiger partial charge < -0.3 is 19.0 Å². The Balaban J connectivity index is -0.000000566. The van der Waals surface area contributed by atoms with Crippen LogP contribution in [0.5, 0.6) is 0 Å². The largest absolute Gasteiger partial charge is 0.881 e. The van der Waals surface area contributed by atoms with Crippen molar-refractivity contribution in [3.63, 3.8) is 0 Å². The third-order valence-electron chi connectivity index (χ3n) is 7.99. The van der Waals surface area contributed by atoms with Crippen molar-refractivity contribution in [2.75, 3.05) is 52.4 Å². The molecule has 0 amide bonds. The van der Waals surface area contributed by atoms with E-state index in [0.29, 0.717) is 0 Å². The normalized spacial score (nSPS) is 11.2. The summed E-state index contributed by atoms with van der Waals surface area (Å²) in [6, 6.07) is 0. The van der Waals surface area contributed by atoms with Crippen LogP contribution in [-0.2, 0) is 0 Å². The van der Waals surface area contributed by atoms with Gasteiger partial charge in [-0.05, 0) is 57.3 Å². The second-order valence-corrected chi connectivity index (χ2v) is 11.8. The van der Waals surface area contributed by atoms with Crippen LogP contribution in [0.25, 0.3) is 0 Å². The minimum absolute atomic E-state index is 0.917. The van der Waals surface area contributed by atoms with Crippen molar-refractivity contribution >= 4 is 7.12 Å². The molecule has 0 saturated carbocycles. The minimum Gasteiger partial charge on any atom is -0.881 e. The first-order chi connectivity index (χ1) is 18.8. The van der Waals surface area contributed by atoms with E-state index in [9.17, 15) is 0 Å². The van der Waals surface area contributed by atoms with Crippen LogP contribution in [0.1, 0.15) is 158 Å². The number of nitrogens with zero attached hydrogens (tertiary/aromatic N) is 3. The van der Waals surface area contributed by atoms with Crippen LogP contribution in [0, 0.1) is 11.2 Å². The average molecular weight is 554 g/mol. The standard InChI is InChI=1S/2C16H36N.CBNO2/c2*1-5-9-13-17(14-10-6-2,15-11-7-3)16-12-8-4;3-1-2(4)5/h2*5-16H2,1-4H3;/q2*+1;-2. The molecule has 39 heavy (non-hydrogen) atoms. The van der Waals surface area contributed by atoms with Crippen molar-refractivity contribution in [1.82, 2.24) is 0 Å². The van der Waals surface area contributed by atoms with E-state index in [4.69, 9.17) is 15.3 Å². The molecule has 6 heteroatoms. The number of unbranched alkanes of at least 4 members (excludes halogenated alkanes) is 8. The van der Waals surface area contributed by atoms with Crippen molar-refractivity contribution in [2.45, 2.75) is 158 Å². The smallest absolute Gasteiger partial charge is 0.0786 e. The Morgan fingerprint density at radius 1 is 0.410 bits per heavy atom. The molecule has 0 aliphatic rings. The van der Waals surface area contributed by atoms with Crippen LogP contribution >= 0.6 is 0 Å². The maximum absolute atomic E-state index is 8.98. The molecular formula is C33H72BN3O2. The quantitative estimate of drug-likeness (QED) is 0.0933. The molecule has 0 aromatic heterocycles. The lowest BCUT2D eigenvalue weighted by Crippen LogP contribution is -2.50. The van der Waals surface area contributed by atoms with Crippen molar-refractivity contribution in [3.8, 4) is 5.97 Å². The molecule has 0 unspecified atom stereocenters. The highest BCUT2D eigenvalue weighted by atomic mass is 16.4. The maximum Gasteiger partial charge on any atom is 0.0786 e. The molecule has 0 aromatic rings. The number of quaternary nitrogens is 2. The first-order valence-corrected chi connectivity index (χ1v) is 17.2. The van der Waals surface area contributed by atoms with E-state index in [1.165, 1.54) is 164 Å². The summed E-state index contributed by atoms with van der Waals surface area (Å²) < 4.78 is 2.84. The van der Waals surface area contributed by atoms with Gasteiger partial charge in [-0.3, -0.25) is 0 Å². The van der Waals surface area contributed by atoms with Gasteiger partial charge in [-0.15, -0.1) is 0 Å². The fourth-order valence-electron chi connectivity index (χ4n) is 5.29. The van der Waals surface area contributed by atoms with Gasteiger partial charge in [-0.25, -0.2) is 5.26 Å². The fraction of sp³-hybridized carbons (Fsp3) is 0.970. The Kier molecular flexibility index (Phi) is 35.1. The summed E-state index contributed by atoms with van der Waals surface area (Å²) in [4.78, 5) is 0. The number of hydrogen-bond acceptors (Lipinski definition) is 3. The van der Waals surface area contributed by atoms with Gasteiger partial charge in [0.25, 0.3) is 0 Å². The Bertz CT molecular complexity index is 401. The predicted octanol–water partition coefficient (Wildman–Crippen LogP) is 7.27. The highest BCUT2D eigenvalue weighted by Crippen LogP contribution is 2.17. The second kappa shape index (κ2) is 31.9. The highest BCUT2D eigenvalue weighted by Gasteiger charge is 2.25. The first-order valence-electron chi connectivity index (χ1n) is 17.2. The van der Waals surface area contributed by atoms with Gasteiger partial charge in [-0.2, -0.15) is 0 Å². The molecule has 0 saturated heterocycles. The molecule has 0 radical (unpaired) electrons. The van der Waals surface area contributed by atoms with Gasteiger partial charge in [0.2, 0.25) is 0 Å². The van der Waals surface area contributed by atoms with Crippen LogP contribution in [0.2, 0.25) is 0 Å². The molecule has 5 nitrogen and oxygen atoms in total. The van der Waals surface area contributed by atoms with Crippen LogP contribution in [0.4, 0.5) is 0 Å². The molecule has 0 aromatic carbocycles. The summed E-state index contributed by atoms with van der Waals surface area (Å²) >= 11 is 0. The third kappa shape index (κ3) is 27.3.